The molecule has 0 bridgehead atoms. The number of alkyl halides is 6. The minimum Gasteiger partial charge on any atom is -0.406 e. The van der Waals surface area contributed by atoms with Crippen molar-refractivity contribution in [2.45, 2.75) is 19.1 Å². The SMILES string of the molecule is N#CCc1nc(-c2ccc(OC(F)(F)F)cc2)ccc1-c1ccc(OC(F)(F)F)cc1. The van der Waals surface area contributed by atoms with Crippen LogP contribution in [0.4, 0.5) is 26.3 Å². The summed E-state index contributed by atoms with van der Waals surface area (Å²) in [6.45, 7) is 0. The topological polar surface area (TPSA) is 55.1 Å². The van der Waals surface area contributed by atoms with Gasteiger partial charge in [0.15, 0.2) is 0 Å². The Bertz CT molecular complexity index is 1090. The van der Waals surface area contributed by atoms with Gasteiger partial charge in [0.1, 0.15) is 11.5 Å². The summed E-state index contributed by atoms with van der Waals surface area (Å²) >= 11 is 0. The van der Waals surface area contributed by atoms with Gasteiger partial charge in [0.05, 0.1) is 23.9 Å². The first kappa shape index (κ1) is 22.0. The fourth-order valence-electron chi connectivity index (χ4n) is 2.80. The van der Waals surface area contributed by atoms with Crippen LogP contribution in [-0.4, -0.2) is 17.7 Å². The van der Waals surface area contributed by atoms with Gasteiger partial charge in [0.25, 0.3) is 0 Å². The van der Waals surface area contributed by atoms with Crippen LogP contribution in [0.1, 0.15) is 5.69 Å². The predicted molar refractivity (Wildman–Crippen MR) is 97.8 cm³/mol. The molecule has 0 saturated carbocycles. The average Bonchev–Trinajstić information content (AvgIpc) is 2.67. The molecule has 160 valence electrons. The van der Waals surface area contributed by atoms with E-state index >= 15 is 0 Å². The second-order valence-electron chi connectivity index (χ2n) is 6.17. The first-order valence-corrected chi connectivity index (χ1v) is 8.63. The molecule has 1 aromatic heterocycles. The molecule has 0 aliphatic rings. The zero-order chi connectivity index (χ0) is 22.6. The fourth-order valence-corrected chi connectivity index (χ4v) is 2.80. The number of hydrogen-bond acceptors (Lipinski definition) is 4. The lowest BCUT2D eigenvalue weighted by Crippen LogP contribution is -2.17. The predicted octanol–water partition coefficient (Wildman–Crippen LogP) is 6.28. The number of halogens is 6. The van der Waals surface area contributed by atoms with Crippen LogP contribution in [0.2, 0.25) is 0 Å². The average molecular weight is 438 g/mol. The van der Waals surface area contributed by atoms with Crippen molar-refractivity contribution in [1.29, 1.82) is 5.26 Å². The summed E-state index contributed by atoms with van der Waals surface area (Å²) < 4.78 is 81.4. The third-order valence-corrected chi connectivity index (χ3v) is 4.00. The third-order valence-electron chi connectivity index (χ3n) is 4.00. The molecule has 0 amide bonds. The smallest absolute Gasteiger partial charge is 0.406 e. The Morgan fingerprint density at radius 2 is 1.19 bits per heavy atom. The van der Waals surface area contributed by atoms with Crippen molar-refractivity contribution in [3.63, 3.8) is 0 Å². The molecule has 31 heavy (non-hydrogen) atoms. The number of aromatic nitrogens is 1. The molecular formula is C21H12F6N2O2. The lowest BCUT2D eigenvalue weighted by atomic mass is 10.0. The number of pyridine rings is 1. The quantitative estimate of drug-likeness (QED) is 0.440. The van der Waals surface area contributed by atoms with Crippen molar-refractivity contribution in [2.24, 2.45) is 0 Å². The molecule has 1 heterocycles. The number of ether oxygens (including phenoxy) is 2. The Morgan fingerprint density at radius 3 is 1.65 bits per heavy atom. The van der Waals surface area contributed by atoms with Gasteiger partial charge in [-0.15, -0.1) is 26.3 Å². The molecule has 3 aromatic rings. The second-order valence-corrected chi connectivity index (χ2v) is 6.17. The summed E-state index contributed by atoms with van der Waals surface area (Å²) in [5.41, 5.74) is 2.31. The van der Waals surface area contributed by atoms with E-state index in [0.717, 1.165) is 24.3 Å². The maximum atomic E-state index is 12.3. The van der Waals surface area contributed by atoms with Gasteiger partial charge in [-0.05, 0) is 48.0 Å². The summed E-state index contributed by atoms with van der Waals surface area (Å²) in [6.07, 6.45) is -9.70. The number of nitrogens with zero attached hydrogens (tertiary/aromatic N) is 2. The zero-order valence-electron chi connectivity index (χ0n) is 15.5. The Kier molecular flexibility index (Phi) is 6.06. The van der Waals surface area contributed by atoms with E-state index in [1.807, 2.05) is 6.07 Å². The van der Waals surface area contributed by atoms with Crippen LogP contribution >= 0.6 is 0 Å². The highest BCUT2D eigenvalue weighted by molar-refractivity contribution is 5.70. The van der Waals surface area contributed by atoms with Crippen molar-refractivity contribution in [3.8, 4) is 40.0 Å². The third kappa shape index (κ3) is 6.12. The van der Waals surface area contributed by atoms with Crippen molar-refractivity contribution < 1.29 is 35.8 Å². The van der Waals surface area contributed by atoms with Gasteiger partial charge in [-0.3, -0.25) is 4.98 Å². The van der Waals surface area contributed by atoms with Gasteiger partial charge in [-0.25, -0.2) is 0 Å². The maximum absolute atomic E-state index is 12.3. The monoisotopic (exact) mass is 438 g/mol. The first-order valence-electron chi connectivity index (χ1n) is 8.63. The van der Waals surface area contributed by atoms with Crippen molar-refractivity contribution in [2.75, 3.05) is 0 Å². The Balaban J connectivity index is 1.89. The van der Waals surface area contributed by atoms with Crippen LogP contribution < -0.4 is 9.47 Å². The molecule has 2 aromatic carbocycles. The molecule has 0 atom stereocenters. The number of benzene rings is 2. The van der Waals surface area contributed by atoms with E-state index < -0.39 is 12.7 Å². The van der Waals surface area contributed by atoms with E-state index in [-0.39, 0.29) is 17.9 Å². The van der Waals surface area contributed by atoms with E-state index in [4.69, 9.17) is 5.26 Å². The molecule has 0 N–H and O–H groups in total. The molecule has 0 aliphatic heterocycles. The van der Waals surface area contributed by atoms with Gasteiger partial charge in [0.2, 0.25) is 0 Å². The summed E-state index contributed by atoms with van der Waals surface area (Å²) in [5, 5.41) is 9.11. The molecule has 3 rings (SSSR count). The van der Waals surface area contributed by atoms with Crippen molar-refractivity contribution in [3.05, 3.63) is 66.4 Å². The Hall–Kier alpha value is -3.74. The highest BCUT2D eigenvalue weighted by atomic mass is 19.4. The summed E-state index contributed by atoms with van der Waals surface area (Å²) in [7, 11) is 0. The van der Waals surface area contributed by atoms with Gasteiger partial charge >= 0.3 is 12.7 Å². The van der Waals surface area contributed by atoms with Gasteiger partial charge in [-0.2, -0.15) is 5.26 Å². The van der Waals surface area contributed by atoms with E-state index in [9.17, 15) is 26.3 Å². The molecule has 0 spiro atoms. The van der Waals surface area contributed by atoms with E-state index in [1.165, 1.54) is 24.3 Å². The van der Waals surface area contributed by atoms with Crippen LogP contribution in [0.3, 0.4) is 0 Å². The van der Waals surface area contributed by atoms with E-state index in [1.54, 1.807) is 12.1 Å². The largest absolute Gasteiger partial charge is 0.573 e. The summed E-state index contributed by atoms with van der Waals surface area (Å²) in [6, 6.07) is 15.4. The molecule has 0 fully saturated rings. The zero-order valence-corrected chi connectivity index (χ0v) is 15.5. The molecule has 0 unspecified atom stereocenters. The van der Waals surface area contributed by atoms with Crippen LogP contribution in [0, 0.1) is 11.3 Å². The van der Waals surface area contributed by atoms with E-state index in [2.05, 4.69) is 14.5 Å². The first-order chi connectivity index (χ1) is 14.5. The normalized spacial score (nSPS) is 11.6. The standard InChI is InChI=1S/C21H12F6N2O2/c22-20(23,24)30-15-5-1-13(2-6-15)17-9-10-18(29-19(17)11-12-28)14-3-7-16(8-4-14)31-21(25,26)27/h1-10H,11H2. The minimum atomic E-state index is -4.81. The molecule has 0 aliphatic carbocycles. The molecule has 0 saturated heterocycles. The van der Waals surface area contributed by atoms with Crippen molar-refractivity contribution >= 4 is 0 Å². The lowest BCUT2D eigenvalue weighted by Gasteiger charge is -2.12. The summed E-state index contributed by atoms with van der Waals surface area (Å²) in [4.78, 5) is 4.40. The van der Waals surface area contributed by atoms with Gasteiger partial charge in [0, 0.05) is 11.1 Å². The van der Waals surface area contributed by atoms with Crippen LogP contribution in [0.5, 0.6) is 11.5 Å². The molecule has 4 nitrogen and oxygen atoms in total. The van der Waals surface area contributed by atoms with Crippen LogP contribution in [-0.2, 0) is 6.42 Å². The minimum absolute atomic E-state index is 0.0841. The Labute approximate surface area is 172 Å². The van der Waals surface area contributed by atoms with Crippen LogP contribution in [0.25, 0.3) is 22.4 Å². The van der Waals surface area contributed by atoms with Gasteiger partial charge in [-0.1, -0.05) is 18.2 Å². The molecular weight excluding hydrogens is 426 g/mol. The molecule has 0 radical (unpaired) electrons. The van der Waals surface area contributed by atoms with Crippen LogP contribution in [0.15, 0.2) is 60.7 Å². The number of hydrogen-bond donors (Lipinski definition) is 0. The summed E-state index contributed by atoms with van der Waals surface area (Å²) in [5.74, 6) is -0.768. The fraction of sp³-hybridized carbons (Fsp3) is 0.143. The highest BCUT2D eigenvalue weighted by Gasteiger charge is 2.31. The lowest BCUT2D eigenvalue weighted by molar-refractivity contribution is -0.275. The number of rotatable bonds is 5. The van der Waals surface area contributed by atoms with Gasteiger partial charge < -0.3 is 9.47 Å². The van der Waals surface area contributed by atoms with Crippen molar-refractivity contribution in [1.82, 2.24) is 4.98 Å². The maximum Gasteiger partial charge on any atom is 0.573 e. The second kappa shape index (κ2) is 8.55. The molecule has 10 heteroatoms. The number of nitriles is 1. The Morgan fingerprint density at radius 1 is 0.710 bits per heavy atom. The highest BCUT2D eigenvalue weighted by Crippen LogP contribution is 2.31. The van der Waals surface area contributed by atoms with E-state index in [0.29, 0.717) is 28.1 Å².